The molecule has 0 spiro atoms. The van der Waals surface area contributed by atoms with Crippen LogP contribution in [0.3, 0.4) is 0 Å². The summed E-state index contributed by atoms with van der Waals surface area (Å²) in [4.78, 5) is 21.6. The number of rotatable bonds is 7. The Morgan fingerprint density at radius 2 is 1.62 bits per heavy atom. The molecule has 0 unspecified atom stereocenters. The van der Waals surface area contributed by atoms with Crippen LogP contribution in [0, 0.1) is 0 Å². The Hall–Kier alpha value is -3.42. The Bertz CT molecular complexity index is 1420. The quantitative estimate of drug-likeness (QED) is 0.133. The van der Waals surface area contributed by atoms with Crippen molar-refractivity contribution >= 4 is 44.7 Å². The lowest BCUT2D eigenvalue weighted by Crippen LogP contribution is -2.07. The topological polar surface area (TPSA) is 57.0 Å². The normalized spacial score (nSPS) is 11.0. The fourth-order valence-corrected chi connectivity index (χ4v) is 4.75. The van der Waals surface area contributed by atoms with Gasteiger partial charge in [0.1, 0.15) is 23.6 Å². The molecule has 0 atom stereocenters. The van der Waals surface area contributed by atoms with Crippen LogP contribution < -0.4 is 0 Å². The number of esters is 1. The van der Waals surface area contributed by atoms with Crippen molar-refractivity contribution in [1.29, 1.82) is 0 Å². The van der Waals surface area contributed by atoms with Crippen LogP contribution in [0.5, 0.6) is 0 Å². The van der Waals surface area contributed by atoms with Gasteiger partial charge in [0.15, 0.2) is 0 Å². The zero-order valence-electron chi connectivity index (χ0n) is 18.1. The highest BCUT2D eigenvalue weighted by molar-refractivity contribution is 9.10. The molecule has 34 heavy (non-hydrogen) atoms. The minimum Gasteiger partial charge on any atom is -0.460 e. The molecule has 0 aliphatic carbocycles. The molecule has 2 aromatic heterocycles. The summed E-state index contributed by atoms with van der Waals surface area (Å²) in [5.41, 5.74) is 4.82. The molecule has 0 N–H and O–H groups in total. The van der Waals surface area contributed by atoms with Gasteiger partial charge in [-0.25, -0.2) is 9.97 Å². The van der Waals surface area contributed by atoms with Crippen LogP contribution in [-0.2, 0) is 16.1 Å². The van der Waals surface area contributed by atoms with Gasteiger partial charge in [0.2, 0.25) is 0 Å². The molecule has 5 rings (SSSR count). The molecule has 0 saturated heterocycles. The van der Waals surface area contributed by atoms with E-state index in [1.807, 2.05) is 72.8 Å². The van der Waals surface area contributed by atoms with Gasteiger partial charge < -0.3 is 9.30 Å². The maximum atomic E-state index is 12.4. The maximum absolute atomic E-state index is 12.4. The fraction of sp³-hybridized carbons (Fsp3) is 0.0741. The molecule has 0 aliphatic rings. The summed E-state index contributed by atoms with van der Waals surface area (Å²) in [7, 11) is 0. The van der Waals surface area contributed by atoms with E-state index in [0.717, 1.165) is 42.9 Å². The van der Waals surface area contributed by atoms with Crippen molar-refractivity contribution in [2.75, 3.05) is 5.75 Å². The second-order valence-electron chi connectivity index (χ2n) is 7.57. The maximum Gasteiger partial charge on any atom is 0.316 e. The molecule has 0 bridgehead atoms. The van der Waals surface area contributed by atoms with E-state index in [4.69, 9.17) is 4.74 Å². The van der Waals surface area contributed by atoms with Gasteiger partial charge in [0.25, 0.3) is 0 Å². The van der Waals surface area contributed by atoms with Crippen molar-refractivity contribution in [3.63, 3.8) is 0 Å². The molecule has 5 aromatic rings. The average Bonchev–Trinajstić information content (AvgIpc) is 3.28. The van der Waals surface area contributed by atoms with E-state index < -0.39 is 0 Å². The lowest BCUT2D eigenvalue weighted by Gasteiger charge is -2.07. The molecule has 7 heteroatoms. The predicted octanol–water partition coefficient (Wildman–Crippen LogP) is 6.69. The second-order valence-corrected chi connectivity index (χ2v) is 9.45. The first-order chi connectivity index (χ1) is 16.7. The van der Waals surface area contributed by atoms with Crippen LogP contribution in [-0.4, -0.2) is 26.3 Å². The molecule has 168 valence electrons. The first-order valence-corrected chi connectivity index (χ1v) is 12.5. The zero-order chi connectivity index (χ0) is 23.3. The standard InChI is InChI=1S/C27H20BrN3O2S/c28-21-11-13-22(14-12-21)31-15-23(20-9-5-2-6-10-20)25-26(31)29-18-30-27(25)34-17-24(32)33-16-19-7-3-1-4-8-19/h1-15,18H,16-17H2. The van der Waals surface area contributed by atoms with Gasteiger partial charge in [-0.05, 0) is 35.4 Å². The number of halogens is 1. The number of fused-ring (bicyclic) bond motifs is 1. The Morgan fingerprint density at radius 3 is 2.35 bits per heavy atom. The van der Waals surface area contributed by atoms with Crippen molar-refractivity contribution in [1.82, 2.24) is 14.5 Å². The van der Waals surface area contributed by atoms with E-state index in [9.17, 15) is 4.79 Å². The number of aromatic nitrogens is 3. The zero-order valence-corrected chi connectivity index (χ0v) is 20.5. The molecule has 0 fully saturated rings. The highest BCUT2D eigenvalue weighted by Crippen LogP contribution is 2.36. The first kappa shape index (κ1) is 22.4. The monoisotopic (exact) mass is 529 g/mol. The van der Waals surface area contributed by atoms with Crippen molar-refractivity contribution < 1.29 is 9.53 Å². The molecule has 2 heterocycles. The Kier molecular flexibility index (Phi) is 6.74. The number of thioether (sulfide) groups is 1. The van der Waals surface area contributed by atoms with E-state index >= 15 is 0 Å². The summed E-state index contributed by atoms with van der Waals surface area (Å²) in [5.74, 6) is -0.120. The summed E-state index contributed by atoms with van der Waals surface area (Å²) in [5, 5.41) is 1.66. The van der Waals surface area contributed by atoms with Crippen LogP contribution in [0.2, 0.25) is 0 Å². The molecule has 5 nitrogen and oxygen atoms in total. The van der Waals surface area contributed by atoms with E-state index in [0.29, 0.717) is 0 Å². The number of ether oxygens (including phenoxy) is 1. The fourth-order valence-electron chi connectivity index (χ4n) is 3.69. The number of hydrogen-bond acceptors (Lipinski definition) is 5. The Morgan fingerprint density at radius 1 is 0.912 bits per heavy atom. The Balaban J connectivity index is 1.47. The van der Waals surface area contributed by atoms with Crippen molar-refractivity contribution in [3.8, 4) is 16.8 Å². The highest BCUT2D eigenvalue weighted by Gasteiger charge is 2.18. The van der Waals surface area contributed by atoms with Gasteiger partial charge in [0.05, 0.1) is 11.1 Å². The summed E-state index contributed by atoms with van der Waals surface area (Å²) in [6, 6.07) is 27.9. The van der Waals surface area contributed by atoms with Crippen molar-refractivity contribution in [2.45, 2.75) is 11.6 Å². The molecular formula is C27H20BrN3O2S. The molecule has 0 amide bonds. The van der Waals surface area contributed by atoms with Crippen LogP contribution in [0.1, 0.15) is 5.56 Å². The number of hydrogen-bond donors (Lipinski definition) is 0. The third-order valence-electron chi connectivity index (χ3n) is 5.31. The van der Waals surface area contributed by atoms with Gasteiger partial charge in [-0.3, -0.25) is 4.79 Å². The molecule has 0 radical (unpaired) electrons. The van der Waals surface area contributed by atoms with E-state index in [-0.39, 0.29) is 18.3 Å². The number of nitrogens with zero attached hydrogens (tertiary/aromatic N) is 3. The van der Waals surface area contributed by atoms with E-state index in [2.05, 4.69) is 48.8 Å². The lowest BCUT2D eigenvalue weighted by atomic mass is 10.1. The van der Waals surface area contributed by atoms with Gasteiger partial charge in [-0.2, -0.15) is 0 Å². The minimum absolute atomic E-state index is 0.163. The highest BCUT2D eigenvalue weighted by atomic mass is 79.9. The van der Waals surface area contributed by atoms with Gasteiger partial charge in [-0.15, -0.1) is 0 Å². The van der Waals surface area contributed by atoms with Crippen molar-refractivity contribution in [3.05, 3.63) is 107 Å². The predicted molar refractivity (Wildman–Crippen MR) is 139 cm³/mol. The summed E-state index contributed by atoms with van der Waals surface area (Å²) < 4.78 is 8.52. The van der Waals surface area contributed by atoms with Crippen LogP contribution in [0.15, 0.2) is 107 Å². The second kappa shape index (κ2) is 10.2. The van der Waals surface area contributed by atoms with E-state index in [1.54, 1.807) is 6.33 Å². The van der Waals surface area contributed by atoms with Gasteiger partial charge in [0, 0.05) is 21.9 Å². The molecule has 3 aromatic carbocycles. The van der Waals surface area contributed by atoms with Gasteiger partial charge in [-0.1, -0.05) is 88.4 Å². The third-order valence-corrected chi connectivity index (χ3v) is 6.80. The number of carbonyl (C=O) groups is 1. The summed E-state index contributed by atoms with van der Waals surface area (Å²) in [6.45, 7) is 0.259. The third kappa shape index (κ3) is 4.90. The smallest absolute Gasteiger partial charge is 0.316 e. The molecule has 0 aliphatic heterocycles. The molecular weight excluding hydrogens is 510 g/mol. The summed E-state index contributed by atoms with van der Waals surface area (Å²) in [6.07, 6.45) is 3.62. The number of carbonyl (C=O) groups excluding carboxylic acids is 1. The largest absolute Gasteiger partial charge is 0.460 e. The van der Waals surface area contributed by atoms with Gasteiger partial charge >= 0.3 is 5.97 Å². The van der Waals surface area contributed by atoms with Crippen molar-refractivity contribution in [2.24, 2.45) is 0 Å². The SMILES string of the molecule is O=C(CSc1ncnc2c1c(-c1ccccc1)cn2-c1ccc(Br)cc1)OCc1ccccc1. The Labute approximate surface area is 210 Å². The average molecular weight is 530 g/mol. The molecule has 0 saturated carbocycles. The summed E-state index contributed by atoms with van der Waals surface area (Å²) >= 11 is 4.87. The van der Waals surface area contributed by atoms with Crippen LogP contribution >= 0.6 is 27.7 Å². The van der Waals surface area contributed by atoms with Crippen LogP contribution in [0.25, 0.3) is 27.8 Å². The number of benzene rings is 3. The lowest BCUT2D eigenvalue weighted by molar-refractivity contribution is -0.141. The minimum atomic E-state index is -0.283. The van der Waals surface area contributed by atoms with Crippen LogP contribution in [0.4, 0.5) is 0 Å². The first-order valence-electron chi connectivity index (χ1n) is 10.7. The van der Waals surface area contributed by atoms with E-state index in [1.165, 1.54) is 11.8 Å².